The van der Waals surface area contributed by atoms with Crippen LogP contribution < -0.4 is 4.90 Å². The molecule has 1 aromatic carbocycles. The highest BCUT2D eigenvalue weighted by Crippen LogP contribution is 2.27. The largest absolute Gasteiger partial charge is 0.335 e. The molecule has 0 saturated carbocycles. The van der Waals surface area contributed by atoms with Crippen LogP contribution in [-0.4, -0.2) is 21.6 Å². The third-order valence-electron chi connectivity index (χ3n) is 3.10. The zero-order chi connectivity index (χ0) is 12.5. The zero-order valence-corrected chi connectivity index (χ0v) is 10.4. The highest BCUT2D eigenvalue weighted by Gasteiger charge is 2.11. The number of aromatic nitrogens is 3. The summed E-state index contributed by atoms with van der Waals surface area (Å²) in [7, 11) is 4.01. The van der Waals surface area contributed by atoms with Crippen molar-refractivity contribution < 1.29 is 0 Å². The van der Waals surface area contributed by atoms with Crippen molar-refractivity contribution in [3.05, 3.63) is 48.9 Å². The van der Waals surface area contributed by atoms with Gasteiger partial charge < -0.3 is 9.47 Å². The molecule has 4 nitrogen and oxygen atoms in total. The molecule has 0 unspecified atom stereocenters. The van der Waals surface area contributed by atoms with Gasteiger partial charge in [-0.3, -0.25) is 0 Å². The van der Waals surface area contributed by atoms with Crippen LogP contribution in [0.4, 0.5) is 11.5 Å². The van der Waals surface area contributed by atoms with Crippen LogP contribution in [0.15, 0.2) is 48.9 Å². The van der Waals surface area contributed by atoms with Crippen molar-refractivity contribution in [1.82, 2.24) is 14.5 Å². The number of hydrogen-bond acceptors (Lipinski definition) is 3. The number of rotatable bonds is 2. The van der Waals surface area contributed by atoms with Crippen LogP contribution in [0.5, 0.6) is 0 Å². The van der Waals surface area contributed by atoms with Crippen LogP contribution in [0.25, 0.3) is 11.0 Å². The summed E-state index contributed by atoms with van der Waals surface area (Å²) in [6, 6.07) is 12.2. The van der Waals surface area contributed by atoms with Crippen LogP contribution in [-0.2, 0) is 7.05 Å². The highest BCUT2D eigenvalue weighted by atomic mass is 15.2. The molecule has 18 heavy (non-hydrogen) atoms. The Balaban J connectivity index is 2.15. The molecule has 0 amide bonds. The highest BCUT2D eigenvalue weighted by molar-refractivity contribution is 5.89. The van der Waals surface area contributed by atoms with Gasteiger partial charge in [-0.05, 0) is 18.2 Å². The summed E-state index contributed by atoms with van der Waals surface area (Å²) in [5, 5.41) is 1.06. The van der Waals surface area contributed by atoms with E-state index >= 15 is 0 Å². The molecule has 0 N–H and O–H groups in total. The van der Waals surface area contributed by atoms with Crippen LogP contribution >= 0.6 is 0 Å². The van der Waals surface area contributed by atoms with E-state index in [4.69, 9.17) is 0 Å². The molecule has 0 aliphatic heterocycles. The van der Waals surface area contributed by atoms with Crippen molar-refractivity contribution in [2.75, 3.05) is 11.9 Å². The third-order valence-corrected chi connectivity index (χ3v) is 3.10. The molecule has 3 rings (SSSR count). The van der Waals surface area contributed by atoms with Gasteiger partial charge in [0.15, 0.2) is 0 Å². The molecule has 0 aliphatic carbocycles. The first-order valence-corrected chi connectivity index (χ1v) is 5.82. The zero-order valence-electron chi connectivity index (χ0n) is 10.4. The van der Waals surface area contributed by atoms with Crippen molar-refractivity contribution in [2.24, 2.45) is 7.05 Å². The first-order chi connectivity index (χ1) is 8.77. The number of aryl methyl sites for hydroxylation is 1. The molecular weight excluding hydrogens is 224 g/mol. The summed E-state index contributed by atoms with van der Waals surface area (Å²) in [6.45, 7) is 0. The van der Waals surface area contributed by atoms with Crippen LogP contribution in [0.1, 0.15) is 0 Å². The van der Waals surface area contributed by atoms with Gasteiger partial charge in [0.1, 0.15) is 17.8 Å². The van der Waals surface area contributed by atoms with Crippen LogP contribution in [0.2, 0.25) is 0 Å². The molecule has 0 fully saturated rings. The number of fused-ring (bicyclic) bond motifs is 1. The van der Waals surface area contributed by atoms with E-state index in [1.54, 1.807) is 6.33 Å². The lowest BCUT2D eigenvalue weighted by atomic mass is 10.3. The number of benzene rings is 1. The molecule has 4 heteroatoms. The minimum absolute atomic E-state index is 0.923. The second-order valence-corrected chi connectivity index (χ2v) is 4.26. The average molecular weight is 238 g/mol. The fraction of sp³-hybridized carbons (Fsp3) is 0.143. The fourth-order valence-electron chi connectivity index (χ4n) is 2.11. The summed E-state index contributed by atoms with van der Waals surface area (Å²) in [6.07, 6.45) is 3.61. The molecule has 0 bridgehead atoms. The Morgan fingerprint density at radius 2 is 1.83 bits per heavy atom. The Labute approximate surface area is 106 Å². The molecule has 90 valence electrons. The molecule has 0 radical (unpaired) electrons. The summed E-state index contributed by atoms with van der Waals surface area (Å²) in [5.41, 5.74) is 2.06. The predicted molar refractivity (Wildman–Crippen MR) is 73.0 cm³/mol. The molecule has 2 aromatic heterocycles. The molecule has 2 heterocycles. The standard InChI is InChI=1S/C14H14N4/c1-17-9-8-12-13(17)15-10-16-14(12)18(2)11-6-4-3-5-7-11/h3-10H,1-2H3. The Bertz CT molecular complexity index is 673. The summed E-state index contributed by atoms with van der Waals surface area (Å²) < 4.78 is 2.00. The van der Waals surface area contributed by atoms with Crippen molar-refractivity contribution in [1.29, 1.82) is 0 Å². The van der Waals surface area contributed by atoms with E-state index in [1.165, 1.54) is 0 Å². The third kappa shape index (κ3) is 1.62. The predicted octanol–water partition coefficient (Wildman–Crippen LogP) is 2.74. The van der Waals surface area contributed by atoms with Gasteiger partial charge in [-0.25, -0.2) is 9.97 Å². The topological polar surface area (TPSA) is 34.0 Å². The monoisotopic (exact) mass is 238 g/mol. The van der Waals surface area contributed by atoms with E-state index in [0.717, 1.165) is 22.5 Å². The maximum absolute atomic E-state index is 4.40. The van der Waals surface area contributed by atoms with E-state index in [-0.39, 0.29) is 0 Å². The van der Waals surface area contributed by atoms with Gasteiger partial charge in [0.05, 0.1) is 5.39 Å². The number of para-hydroxylation sites is 1. The van der Waals surface area contributed by atoms with E-state index in [2.05, 4.69) is 27.0 Å². The van der Waals surface area contributed by atoms with Gasteiger partial charge >= 0.3 is 0 Å². The first kappa shape index (κ1) is 10.8. The second-order valence-electron chi connectivity index (χ2n) is 4.26. The molecule has 0 atom stereocenters. The molecule has 3 aromatic rings. The summed E-state index contributed by atoms with van der Waals surface area (Å²) in [5.74, 6) is 0.923. The smallest absolute Gasteiger partial charge is 0.145 e. The first-order valence-electron chi connectivity index (χ1n) is 5.82. The summed E-state index contributed by atoms with van der Waals surface area (Å²) in [4.78, 5) is 10.8. The van der Waals surface area contributed by atoms with Gasteiger partial charge in [-0.2, -0.15) is 0 Å². The van der Waals surface area contributed by atoms with Crippen LogP contribution in [0, 0.1) is 0 Å². The van der Waals surface area contributed by atoms with E-state index in [0.29, 0.717) is 0 Å². The Morgan fingerprint density at radius 3 is 2.61 bits per heavy atom. The van der Waals surface area contributed by atoms with Gasteiger partial charge in [0, 0.05) is 26.0 Å². The average Bonchev–Trinajstić information content (AvgIpc) is 2.81. The number of anilines is 2. The van der Waals surface area contributed by atoms with Gasteiger partial charge in [0.25, 0.3) is 0 Å². The van der Waals surface area contributed by atoms with E-state index in [9.17, 15) is 0 Å². The molecular formula is C14H14N4. The molecule has 0 spiro atoms. The summed E-state index contributed by atoms with van der Waals surface area (Å²) >= 11 is 0. The van der Waals surface area contributed by atoms with E-state index in [1.807, 2.05) is 49.1 Å². The lowest BCUT2D eigenvalue weighted by Gasteiger charge is -2.18. The second kappa shape index (κ2) is 4.14. The number of nitrogens with zero attached hydrogens (tertiary/aromatic N) is 4. The lowest BCUT2D eigenvalue weighted by molar-refractivity contribution is 0.942. The van der Waals surface area contributed by atoms with E-state index < -0.39 is 0 Å². The van der Waals surface area contributed by atoms with Crippen molar-refractivity contribution in [3.63, 3.8) is 0 Å². The molecule has 0 saturated heterocycles. The Kier molecular flexibility index (Phi) is 2.48. The number of hydrogen-bond donors (Lipinski definition) is 0. The maximum atomic E-state index is 4.40. The quantitative estimate of drug-likeness (QED) is 0.688. The van der Waals surface area contributed by atoms with Crippen molar-refractivity contribution >= 4 is 22.5 Å². The normalized spacial score (nSPS) is 10.8. The van der Waals surface area contributed by atoms with Crippen LogP contribution in [0.3, 0.4) is 0 Å². The molecule has 0 aliphatic rings. The lowest BCUT2D eigenvalue weighted by Crippen LogP contribution is -2.11. The fourth-order valence-corrected chi connectivity index (χ4v) is 2.11. The minimum Gasteiger partial charge on any atom is -0.335 e. The van der Waals surface area contributed by atoms with Gasteiger partial charge in [0.2, 0.25) is 0 Å². The maximum Gasteiger partial charge on any atom is 0.145 e. The minimum atomic E-state index is 0.923. The Morgan fingerprint density at radius 1 is 1.06 bits per heavy atom. The SMILES string of the molecule is CN(c1ccccc1)c1ncnc2c1ccn2C. The van der Waals surface area contributed by atoms with Gasteiger partial charge in [-0.1, -0.05) is 18.2 Å². The Hall–Kier alpha value is -2.36. The van der Waals surface area contributed by atoms with Crippen molar-refractivity contribution in [3.8, 4) is 0 Å². The van der Waals surface area contributed by atoms with Gasteiger partial charge in [-0.15, -0.1) is 0 Å². The van der Waals surface area contributed by atoms with Crippen molar-refractivity contribution in [2.45, 2.75) is 0 Å².